The van der Waals surface area contributed by atoms with Gasteiger partial charge in [-0.05, 0) is 68.8 Å². The normalized spacial score (nSPS) is 30.5. The van der Waals surface area contributed by atoms with E-state index in [1.807, 2.05) is 7.05 Å². The molecule has 0 spiro atoms. The molecule has 4 atom stereocenters. The summed E-state index contributed by atoms with van der Waals surface area (Å²) in [5.74, 6) is 0.466. The number of aliphatic hydroxyl groups excluding tert-OH is 1. The Morgan fingerprint density at radius 1 is 1.06 bits per heavy atom. The minimum absolute atomic E-state index is 0.166. The van der Waals surface area contributed by atoms with E-state index in [2.05, 4.69) is 4.90 Å². The van der Waals surface area contributed by atoms with E-state index in [9.17, 15) is 19.8 Å². The molecule has 2 heterocycles. The Bertz CT molecular complexity index is 805. The number of hydrogen-bond donors (Lipinski definition) is 2. The Balaban J connectivity index is 1.37. The van der Waals surface area contributed by atoms with Crippen molar-refractivity contribution in [2.75, 3.05) is 40.3 Å². The average molecular weight is 433 g/mol. The van der Waals surface area contributed by atoms with Gasteiger partial charge in [0, 0.05) is 26.2 Å². The summed E-state index contributed by atoms with van der Waals surface area (Å²) >= 11 is 0. The minimum atomic E-state index is -1.27. The number of hydrogen-bond acceptors (Lipinski definition) is 7. The summed E-state index contributed by atoms with van der Waals surface area (Å²) in [4.78, 5) is 28.6. The summed E-state index contributed by atoms with van der Waals surface area (Å²) in [6, 6.07) is 6.67. The lowest BCUT2D eigenvalue weighted by atomic mass is 9.78. The van der Waals surface area contributed by atoms with Crippen molar-refractivity contribution in [2.24, 2.45) is 11.8 Å². The van der Waals surface area contributed by atoms with E-state index in [1.165, 1.54) is 7.11 Å². The molecule has 4 rings (SSSR count). The van der Waals surface area contributed by atoms with Crippen LogP contribution in [-0.4, -0.2) is 90.0 Å². The van der Waals surface area contributed by atoms with Crippen molar-refractivity contribution in [3.63, 3.8) is 0 Å². The maximum atomic E-state index is 13.1. The summed E-state index contributed by atoms with van der Waals surface area (Å²) in [6.07, 6.45) is 1.15. The van der Waals surface area contributed by atoms with E-state index in [4.69, 9.17) is 9.47 Å². The van der Waals surface area contributed by atoms with Crippen molar-refractivity contribution >= 4 is 11.9 Å². The monoisotopic (exact) mass is 432 g/mol. The van der Waals surface area contributed by atoms with Crippen LogP contribution in [0.5, 0.6) is 5.75 Å². The predicted molar refractivity (Wildman–Crippen MR) is 113 cm³/mol. The van der Waals surface area contributed by atoms with Gasteiger partial charge in [-0.2, -0.15) is 0 Å². The molecule has 0 radical (unpaired) electrons. The van der Waals surface area contributed by atoms with Gasteiger partial charge in [-0.1, -0.05) is 0 Å². The third-order valence-electron chi connectivity index (χ3n) is 7.15. The Labute approximate surface area is 182 Å². The Morgan fingerprint density at radius 3 is 2.29 bits per heavy atom. The maximum Gasteiger partial charge on any atom is 0.337 e. The van der Waals surface area contributed by atoms with E-state index in [0.717, 1.165) is 0 Å². The molecule has 2 aliphatic heterocycles. The number of aliphatic hydroxyl groups is 2. The smallest absolute Gasteiger partial charge is 0.337 e. The molecule has 0 bridgehead atoms. The number of carbonyl (C=O) groups is 2. The van der Waals surface area contributed by atoms with Gasteiger partial charge < -0.3 is 29.5 Å². The lowest BCUT2D eigenvalue weighted by molar-refractivity contribution is -0.155. The highest BCUT2D eigenvalue weighted by Crippen LogP contribution is 2.39. The fourth-order valence-corrected chi connectivity index (χ4v) is 5.14. The molecule has 1 aliphatic carbocycles. The van der Waals surface area contributed by atoms with E-state index < -0.39 is 17.7 Å². The zero-order valence-electron chi connectivity index (χ0n) is 18.2. The number of methoxy groups -OCH3 is 1. The van der Waals surface area contributed by atoms with Crippen LogP contribution >= 0.6 is 0 Å². The number of carbonyl (C=O) groups excluding carboxylic acids is 2. The van der Waals surface area contributed by atoms with Crippen molar-refractivity contribution in [3.8, 4) is 5.75 Å². The average Bonchev–Trinajstić information content (AvgIpc) is 3.18. The predicted octanol–water partition coefficient (Wildman–Crippen LogP) is 0.907. The van der Waals surface area contributed by atoms with Gasteiger partial charge in [-0.25, -0.2) is 4.79 Å². The molecule has 0 aromatic heterocycles. The molecule has 1 amide bonds. The summed E-state index contributed by atoms with van der Waals surface area (Å²) < 4.78 is 10.7. The molecule has 31 heavy (non-hydrogen) atoms. The van der Waals surface area contributed by atoms with Gasteiger partial charge in [-0.3, -0.25) is 4.79 Å². The van der Waals surface area contributed by atoms with Crippen LogP contribution in [0.1, 0.15) is 36.0 Å². The zero-order chi connectivity index (χ0) is 22.2. The van der Waals surface area contributed by atoms with Gasteiger partial charge in [0.2, 0.25) is 0 Å². The zero-order valence-corrected chi connectivity index (χ0v) is 18.2. The molecule has 3 fully saturated rings. The molecule has 0 unspecified atom stereocenters. The van der Waals surface area contributed by atoms with Crippen molar-refractivity contribution in [1.82, 2.24) is 9.80 Å². The van der Waals surface area contributed by atoms with Crippen LogP contribution in [0.2, 0.25) is 0 Å². The molecule has 3 aliphatic rings. The number of likely N-dealkylation sites (tertiary alicyclic amines) is 2. The van der Waals surface area contributed by atoms with Gasteiger partial charge in [0.15, 0.2) is 0 Å². The van der Waals surface area contributed by atoms with Crippen LogP contribution in [0.3, 0.4) is 0 Å². The SMILES string of the molecule is COC(=O)c1ccc(O[C@@H]2C[C@@H]3CN(C(=O)C4(O)CCN(C)CC4)C[C@@H]3C[C@H]2O)cc1. The van der Waals surface area contributed by atoms with Crippen molar-refractivity contribution in [2.45, 2.75) is 43.5 Å². The third-order valence-corrected chi connectivity index (χ3v) is 7.15. The fraction of sp³-hybridized carbons (Fsp3) is 0.652. The second kappa shape index (κ2) is 8.76. The van der Waals surface area contributed by atoms with Crippen LogP contribution in [0.4, 0.5) is 0 Å². The molecular weight excluding hydrogens is 400 g/mol. The number of ether oxygens (including phenoxy) is 2. The molecule has 1 saturated carbocycles. The van der Waals surface area contributed by atoms with Crippen LogP contribution in [0.15, 0.2) is 24.3 Å². The van der Waals surface area contributed by atoms with E-state index >= 15 is 0 Å². The molecule has 170 valence electrons. The van der Waals surface area contributed by atoms with Crippen LogP contribution in [0, 0.1) is 11.8 Å². The molecule has 1 aromatic carbocycles. The number of rotatable bonds is 4. The lowest BCUT2D eigenvalue weighted by Crippen LogP contribution is -2.54. The highest BCUT2D eigenvalue weighted by molar-refractivity contribution is 5.89. The first-order valence-corrected chi connectivity index (χ1v) is 11.0. The van der Waals surface area contributed by atoms with Gasteiger partial charge in [0.1, 0.15) is 17.5 Å². The van der Waals surface area contributed by atoms with Gasteiger partial charge in [0.25, 0.3) is 5.91 Å². The van der Waals surface area contributed by atoms with E-state index in [-0.39, 0.29) is 23.8 Å². The quantitative estimate of drug-likeness (QED) is 0.682. The minimum Gasteiger partial charge on any atom is -0.488 e. The van der Waals surface area contributed by atoms with Crippen molar-refractivity contribution < 1.29 is 29.3 Å². The number of fused-ring (bicyclic) bond motifs is 1. The summed E-state index contributed by atoms with van der Waals surface area (Å²) in [5.41, 5.74) is -0.827. The maximum absolute atomic E-state index is 13.1. The molecule has 1 aromatic rings. The molecule has 2 N–H and O–H groups in total. The summed E-state index contributed by atoms with van der Waals surface area (Å²) in [5, 5.41) is 21.6. The fourth-order valence-electron chi connectivity index (χ4n) is 5.14. The van der Waals surface area contributed by atoms with E-state index in [0.29, 0.717) is 63.2 Å². The highest BCUT2D eigenvalue weighted by atomic mass is 16.5. The number of esters is 1. The number of amides is 1. The Morgan fingerprint density at radius 2 is 1.68 bits per heavy atom. The summed E-state index contributed by atoms with van der Waals surface area (Å²) in [6.45, 7) is 2.60. The first kappa shape index (κ1) is 22.0. The number of nitrogens with zero attached hydrogens (tertiary/aromatic N) is 2. The largest absolute Gasteiger partial charge is 0.488 e. The number of benzene rings is 1. The Kier molecular flexibility index (Phi) is 6.23. The molecule has 8 nitrogen and oxygen atoms in total. The second-order valence-corrected chi connectivity index (χ2v) is 9.28. The lowest BCUT2D eigenvalue weighted by Gasteiger charge is -2.37. The van der Waals surface area contributed by atoms with Crippen molar-refractivity contribution in [1.29, 1.82) is 0 Å². The first-order valence-electron chi connectivity index (χ1n) is 11.0. The van der Waals surface area contributed by atoms with E-state index in [1.54, 1.807) is 29.2 Å². The first-order chi connectivity index (χ1) is 14.8. The molecular formula is C23H32N2O6. The van der Waals surface area contributed by atoms with Crippen LogP contribution in [-0.2, 0) is 9.53 Å². The van der Waals surface area contributed by atoms with Gasteiger partial charge >= 0.3 is 5.97 Å². The molecule has 2 saturated heterocycles. The third kappa shape index (κ3) is 4.56. The Hall–Kier alpha value is -2.16. The molecule has 8 heteroatoms. The van der Waals surface area contributed by atoms with Gasteiger partial charge in [0.05, 0.1) is 18.8 Å². The second-order valence-electron chi connectivity index (χ2n) is 9.28. The van der Waals surface area contributed by atoms with Crippen LogP contribution in [0.25, 0.3) is 0 Å². The van der Waals surface area contributed by atoms with Gasteiger partial charge in [-0.15, -0.1) is 0 Å². The van der Waals surface area contributed by atoms with Crippen LogP contribution < -0.4 is 4.74 Å². The highest BCUT2D eigenvalue weighted by Gasteiger charge is 2.48. The number of piperidine rings is 1. The topological polar surface area (TPSA) is 99.5 Å². The standard InChI is InChI=1S/C23H32N2O6/c1-24-9-7-23(29,8-10-24)22(28)25-13-16-11-19(26)20(12-17(16)14-25)31-18-5-3-15(4-6-18)21(27)30-2/h3-6,16-17,19-20,26,29H,7-14H2,1-2H3/t16-,17+,19+,20+/m0/s1. The summed E-state index contributed by atoms with van der Waals surface area (Å²) in [7, 11) is 3.33. The van der Waals surface area contributed by atoms with Crippen molar-refractivity contribution in [3.05, 3.63) is 29.8 Å².